The first-order valence-corrected chi connectivity index (χ1v) is 41.0. The number of ether oxygens (including phenoxy) is 4. The summed E-state index contributed by atoms with van der Waals surface area (Å²) in [5, 5.41) is 11.9. The Labute approximate surface area is 611 Å². The fraction of sp³-hybridized carbons (Fsp3) is 0.700. The molecule has 0 aromatic heterocycles. The number of carboxylic acids is 1. The summed E-state index contributed by atoms with van der Waals surface area (Å²) in [6.07, 6.45) is 113. The van der Waals surface area contributed by atoms with Gasteiger partial charge >= 0.3 is 11.9 Å². The lowest BCUT2D eigenvalue weighted by Crippen LogP contribution is -2.44. The average Bonchev–Trinajstić information content (AvgIpc) is 1.57. The summed E-state index contributed by atoms with van der Waals surface area (Å²) in [4.78, 5) is 37.6. The summed E-state index contributed by atoms with van der Waals surface area (Å²) in [5.41, 5.74) is 0. The third-order valence-electron chi connectivity index (χ3n) is 17.6. The van der Waals surface area contributed by atoms with E-state index in [0.29, 0.717) is 17.4 Å². The molecule has 566 valence electrons. The number of unbranched alkanes of at least 4 members (excludes halogenated alkanes) is 36. The molecule has 0 rings (SSSR count). The average molecular weight is 1380 g/mol. The minimum atomic E-state index is -1.63. The van der Waals surface area contributed by atoms with E-state index < -0.39 is 24.3 Å². The van der Waals surface area contributed by atoms with Gasteiger partial charge in [0.1, 0.15) is 13.2 Å². The van der Waals surface area contributed by atoms with Crippen LogP contribution < -0.4 is 5.11 Å². The van der Waals surface area contributed by atoms with Gasteiger partial charge in [-0.05, 0) is 116 Å². The second-order valence-electron chi connectivity index (χ2n) is 28.3. The third-order valence-corrected chi connectivity index (χ3v) is 17.6. The molecule has 0 saturated carbocycles. The fourth-order valence-corrected chi connectivity index (χ4v) is 11.4. The van der Waals surface area contributed by atoms with Crippen LogP contribution in [0.2, 0.25) is 0 Å². The number of aliphatic carboxylic acids is 1. The van der Waals surface area contributed by atoms with Crippen molar-refractivity contribution in [3.05, 3.63) is 146 Å². The highest BCUT2D eigenvalue weighted by atomic mass is 16.7. The molecule has 0 aromatic carbocycles. The predicted molar refractivity (Wildman–Crippen MR) is 426 cm³/mol. The van der Waals surface area contributed by atoms with E-state index in [2.05, 4.69) is 160 Å². The third kappa shape index (κ3) is 80.4. The van der Waals surface area contributed by atoms with E-state index in [4.69, 9.17) is 18.9 Å². The molecule has 0 radical (unpaired) electrons. The lowest BCUT2D eigenvalue weighted by Gasteiger charge is -2.26. The number of carbonyl (C=O) groups is 3. The van der Waals surface area contributed by atoms with Crippen molar-refractivity contribution in [3.63, 3.8) is 0 Å². The number of nitrogens with zero attached hydrogens (tertiary/aromatic N) is 1. The first kappa shape index (κ1) is 94.2. The van der Waals surface area contributed by atoms with E-state index in [1.54, 1.807) is 0 Å². The highest BCUT2D eigenvalue weighted by molar-refractivity contribution is 5.70. The van der Waals surface area contributed by atoms with Crippen LogP contribution in [0.3, 0.4) is 0 Å². The van der Waals surface area contributed by atoms with Crippen LogP contribution in [-0.2, 0) is 33.3 Å². The summed E-state index contributed by atoms with van der Waals surface area (Å²) < 4.78 is 22.9. The smallest absolute Gasteiger partial charge is 0.306 e. The van der Waals surface area contributed by atoms with E-state index in [9.17, 15) is 19.5 Å². The van der Waals surface area contributed by atoms with Gasteiger partial charge in [-0.2, -0.15) is 0 Å². The van der Waals surface area contributed by atoms with Gasteiger partial charge in [0.15, 0.2) is 12.4 Å². The molecule has 0 N–H and O–H groups in total. The number of quaternary nitrogens is 1. The molecule has 0 bridgehead atoms. The Bertz CT molecular complexity index is 2150. The molecule has 0 aliphatic rings. The Morgan fingerprint density at radius 3 is 0.808 bits per heavy atom. The first-order valence-electron chi connectivity index (χ1n) is 41.0. The summed E-state index contributed by atoms with van der Waals surface area (Å²) in [6.45, 7) is 4.54. The Hall–Kier alpha value is -4.83. The number of carbonyl (C=O) groups excluding carboxylic acids is 3. The van der Waals surface area contributed by atoms with Crippen molar-refractivity contribution < 1.29 is 42.9 Å². The topological polar surface area (TPSA) is 111 Å². The van der Waals surface area contributed by atoms with Gasteiger partial charge in [-0.15, -0.1) is 0 Å². The van der Waals surface area contributed by atoms with Crippen molar-refractivity contribution in [2.75, 3.05) is 47.5 Å². The zero-order valence-electron chi connectivity index (χ0n) is 64.8. The predicted octanol–water partition coefficient (Wildman–Crippen LogP) is 25.3. The van der Waals surface area contributed by atoms with Gasteiger partial charge in [-0.1, -0.05) is 365 Å². The molecule has 0 amide bonds. The van der Waals surface area contributed by atoms with Gasteiger partial charge < -0.3 is 33.3 Å². The highest BCUT2D eigenvalue weighted by Gasteiger charge is 2.22. The van der Waals surface area contributed by atoms with Crippen LogP contribution in [0.25, 0.3) is 0 Å². The van der Waals surface area contributed by atoms with E-state index in [1.807, 2.05) is 21.1 Å². The van der Waals surface area contributed by atoms with Crippen LogP contribution in [-0.4, -0.2) is 82.3 Å². The first-order chi connectivity index (χ1) is 48.6. The summed E-state index contributed by atoms with van der Waals surface area (Å²) in [7, 11) is 5.93. The van der Waals surface area contributed by atoms with Crippen molar-refractivity contribution in [1.82, 2.24) is 0 Å². The van der Waals surface area contributed by atoms with Gasteiger partial charge in [0.05, 0.1) is 40.3 Å². The number of likely N-dealkylation sites (N-methyl/N-ethyl adjacent to an activating group) is 1. The Morgan fingerprint density at radius 2 is 0.545 bits per heavy atom. The summed E-state index contributed by atoms with van der Waals surface area (Å²) in [6, 6.07) is 0. The number of rotatable bonds is 75. The van der Waals surface area contributed by atoms with Gasteiger partial charge in [0, 0.05) is 12.8 Å². The van der Waals surface area contributed by atoms with Gasteiger partial charge in [-0.25, -0.2) is 0 Å². The molecule has 9 nitrogen and oxygen atoms in total. The van der Waals surface area contributed by atoms with Crippen molar-refractivity contribution in [1.29, 1.82) is 0 Å². The standard InChI is InChI=1S/C90H153NO8/c1-6-8-10-12-14-16-18-20-22-24-26-28-30-32-34-36-38-40-41-42-43-44-45-46-47-49-50-52-54-56-58-60-62-64-66-68-70-72-74-76-78-80-87(92)97-84-86(85-98-90(89(94)95)96-83-82-91(3,4)5)99-88(93)81-79-77-75-73-71-69-67-65-63-61-59-57-55-53-51-48-39-37-35-33-31-29-27-25-23-21-19-17-15-13-11-9-7-2/h8-11,14-17,20-23,26-29,33,35,39,48,53,55,59,61,86,90H,6-7,12-13,18-19,24-25,30-32,34,36-38,40-47,49-52,54,56-58,60,62-85H2,1-5H3/b10-8-,11-9-,16-14-,17-15-,22-20-,23-21-,28-26-,29-27-,35-33-,48-39-,55-53-,61-59-. The lowest BCUT2D eigenvalue weighted by atomic mass is 10.0. The van der Waals surface area contributed by atoms with Crippen molar-refractivity contribution in [3.8, 4) is 0 Å². The number of allylic oxidation sites excluding steroid dienone is 24. The number of hydrogen-bond donors (Lipinski definition) is 0. The number of esters is 2. The monoisotopic (exact) mass is 1380 g/mol. The molecule has 99 heavy (non-hydrogen) atoms. The van der Waals surface area contributed by atoms with E-state index in [0.717, 1.165) is 122 Å². The Balaban J connectivity index is 4.02. The molecule has 0 saturated heterocycles. The van der Waals surface area contributed by atoms with Crippen LogP contribution >= 0.6 is 0 Å². The second-order valence-corrected chi connectivity index (χ2v) is 28.3. The maximum atomic E-state index is 13.0. The maximum absolute atomic E-state index is 13.0. The fourth-order valence-electron chi connectivity index (χ4n) is 11.4. The Morgan fingerprint density at radius 1 is 0.303 bits per heavy atom. The minimum Gasteiger partial charge on any atom is -0.545 e. The lowest BCUT2D eigenvalue weighted by molar-refractivity contribution is -0.870. The molecule has 2 atom stereocenters. The highest BCUT2D eigenvalue weighted by Crippen LogP contribution is 2.19. The molecular weight excluding hydrogens is 1220 g/mol. The molecule has 0 aliphatic heterocycles. The quantitative estimate of drug-likeness (QED) is 0.0195. The van der Waals surface area contributed by atoms with Gasteiger partial charge in [0.2, 0.25) is 0 Å². The zero-order chi connectivity index (χ0) is 71.8. The molecule has 0 aliphatic carbocycles. The largest absolute Gasteiger partial charge is 0.545 e. The SMILES string of the molecule is CC/C=C\C/C=C\C/C=C\C/C=C\C/C=C\C/C=C\C/C=C\C/C=C\CCCCCCCCCCC(=O)OC(COC(=O)CCCCCCCCCCCCCCCCCCCCCCCCCCCCCC/C=C\C/C=C\C/C=C\C/C=C\CC)COC(OCC[N+](C)(C)C)C(=O)[O-]. The normalized spacial score (nSPS) is 13.4. The van der Waals surface area contributed by atoms with E-state index in [1.165, 1.54) is 193 Å². The van der Waals surface area contributed by atoms with Gasteiger partial charge in [-0.3, -0.25) is 9.59 Å². The molecule has 0 aromatic rings. The molecule has 2 unspecified atom stereocenters. The molecule has 0 fully saturated rings. The zero-order valence-corrected chi connectivity index (χ0v) is 64.8. The van der Waals surface area contributed by atoms with Crippen LogP contribution in [0.1, 0.15) is 348 Å². The van der Waals surface area contributed by atoms with Gasteiger partial charge in [0.25, 0.3) is 0 Å². The minimum absolute atomic E-state index is 0.141. The number of hydrogen-bond acceptors (Lipinski definition) is 8. The van der Waals surface area contributed by atoms with Crippen LogP contribution in [0.4, 0.5) is 0 Å². The number of carboxylic acid groups (broad SMARTS) is 1. The molecule has 9 heteroatoms. The van der Waals surface area contributed by atoms with E-state index >= 15 is 0 Å². The maximum Gasteiger partial charge on any atom is 0.306 e. The molecule has 0 heterocycles. The van der Waals surface area contributed by atoms with Crippen molar-refractivity contribution >= 4 is 17.9 Å². The van der Waals surface area contributed by atoms with Crippen molar-refractivity contribution in [2.24, 2.45) is 0 Å². The van der Waals surface area contributed by atoms with Crippen LogP contribution in [0.15, 0.2) is 146 Å². The molecular formula is C90H153NO8. The second kappa shape index (κ2) is 78.9. The van der Waals surface area contributed by atoms with E-state index in [-0.39, 0.29) is 38.6 Å². The Kier molecular flexibility index (Phi) is 75.0. The summed E-state index contributed by atoms with van der Waals surface area (Å²) in [5.74, 6) is -2.29. The van der Waals surface area contributed by atoms with Crippen LogP contribution in [0.5, 0.6) is 0 Å². The van der Waals surface area contributed by atoms with Crippen LogP contribution in [0, 0.1) is 0 Å². The van der Waals surface area contributed by atoms with Crippen molar-refractivity contribution in [2.45, 2.75) is 360 Å². The summed E-state index contributed by atoms with van der Waals surface area (Å²) >= 11 is 0. The molecule has 0 spiro atoms.